The van der Waals surface area contributed by atoms with E-state index < -0.39 is 23.1 Å². The molecule has 1 aromatic heterocycles. The number of likely N-dealkylation sites (N-methyl/N-ethyl adjacent to an activating group) is 1. The van der Waals surface area contributed by atoms with Crippen LogP contribution in [0.2, 0.25) is 0 Å². The number of halogens is 1. The number of aromatic hydroxyl groups is 1. The summed E-state index contributed by atoms with van der Waals surface area (Å²) in [6.07, 6.45) is 1.53. The molecule has 0 saturated heterocycles. The maximum Gasteiger partial charge on any atom is 0.272 e. The van der Waals surface area contributed by atoms with Crippen LogP contribution in [0.5, 0.6) is 5.75 Å². The summed E-state index contributed by atoms with van der Waals surface area (Å²) in [5.41, 5.74) is -0.0832. The van der Waals surface area contributed by atoms with Gasteiger partial charge in [0.15, 0.2) is 11.4 Å². The molecule has 1 atom stereocenters. The van der Waals surface area contributed by atoms with E-state index in [0.29, 0.717) is 0 Å². The van der Waals surface area contributed by atoms with Gasteiger partial charge in [-0.25, -0.2) is 0 Å². The van der Waals surface area contributed by atoms with E-state index in [2.05, 4.69) is 15.6 Å². The van der Waals surface area contributed by atoms with Crippen LogP contribution in [0.15, 0.2) is 47.4 Å². The fraction of sp³-hybridized carbons (Fsp3) is 0.188. The third kappa shape index (κ3) is 4.60. The van der Waals surface area contributed by atoms with Gasteiger partial charge in [0.05, 0.1) is 0 Å². The minimum atomic E-state index is -0.835. The number of nitrogens with one attached hydrogen (secondary N) is 3. The zero-order chi connectivity index (χ0) is 16.8. The van der Waals surface area contributed by atoms with Gasteiger partial charge in [0.2, 0.25) is 11.3 Å². The van der Waals surface area contributed by atoms with Gasteiger partial charge in [0, 0.05) is 25.7 Å². The highest BCUT2D eigenvalue weighted by atomic mass is 35.5. The molecule has 8 heteroatoms. The van der Waals surface area contributed by atoms with Gasteiger partial charge in [-0.3, -0.25) is 14.4 Å². The van der Waals surface area contributed by atoms with Gasteiger partial charge in [-0.1, -0.05) is 30.3 Å². The highest BCUT2D eigenvalue weighted by Gasteiger charge is 2.23. The normalized spacial score (nSPS) is 11.0. The molecule has 0 unspecified atom stereocenters. The molecule has 0 aliphatic rings. The molecule has 2 rings (SSSR count). The van der Waals surface area contributed by atoms with E-state index in [1.54, 1.807) is 0 Å². The smallest absolute Gasteiger partial charge is 0.272 e. The van der Waals surface area contributed by atoms with Crippen LogP contribution < -0.4 is 28.5 Å². The summed E-state index contributed by atoms with van der Waals surface area (Å²) in [5.74, 6) is -1.79. The largest absolute Gasteiger partial charge is 1.00 e. The zero-order valence-corrected chi connectivity index (χ0v) is 13.6. The second-order valence-corrected chi connectivity index (χ2v) is 4.90. The predicted octanol–water partition coefficient (Wildman–Crippen LogP) is -2.83. The number of hydrogen-bond acceptors (Lipinski definition) is 4. The molecule has 0 saturated carbocycles. The number of rotatable bonds is 5. The molecule has 1 aromatic carbocycles. The summed E-state index contributed by atoms with van der Waals surface area (Å²) in [7, 11) is 1.47. The Labute approximate surface area is 144 Å². The van der Waals surface area contributed by atoms with E-state index >= 15 is 0 Å². The van der Waals surface area contributed by atoms with E-state index in [4.69, 9.17) is 0 Å². The lowest BCUT2D eigenvalue weighted by molar-refractivity contribution is -0.122. The van der Waals surface area contributed by atoms with Crippen molar-refractivity contribution < 1.29 is 27.1 Å². The Hall–Kier alpha value is -2.80. The molecule has 0 spiro atoms. The van der Waals surface area contributed by atoms with Crippen molar-refractivity contribution in [1.29, 1.82) is 0 Å². The van der Waals surface area contributed by atoms with E-state index in [0.717, 1.165) is 11.6 Å². The third-order valence-corrected chi connectivity index (χ3v) is 3.31. The van der Waals surface area contributed by atoms with Crippen LogP contribution in [0.1, 0.15) is 16.1 Å². The van der Waals surface area contributed by atoms with Gasteiger partial charge in [-0.05, 0) is 5.56 Å². The Morgan fingerprint density at radius 3 is 2.50 bits per heavy atom. The average molecular weight is 351 g/mol. The van der Waals surface area contributed by atoms with Crippen molar-refractivity contribution in [2.45, 2.75) is 12.5 Å². The quantitative estimate of drug-likeness (QED) is 0.466. The number of pyridine rings is 1. The maximum absolute atomic E-state index is 12.2. The molecule has 128 valence electrons. The first-order valence-corrected chi connectivity index (χ1v) is 7.00. The van der Waals surface area contributed by atoms with Crippen molar-refractivity contribution in [2.24, 2.45) is 0 Å². The first-order valence-electron chi connectivity index (χ1n) is 7.00. The van der Waals surface area contributed by atoms with Crippen LogP contribution in [-0.2, 0) is 11.2 Å². The number of H-pyrrole nitrogens is 1. The molecule has 0 aliphatic carbocycles. The number of aromatic amines is 1. The van der Waals surface area contributed by atoms with Crippen LogP contribution in [0.25, 0.3) is 0 Å². The van der Waals surface area contributed by atoms with Crippen LogP contribution in [-0.4, -0.2) is 35.0 Å². The second kappa shape index (κ2) is 8.73. The first-order chi connectivity index (χ1) is 11.0. The van der Waals surface area contributed by atoms with Gasteiger partial charge in [-0.15, -0.1) is 0 Å². The van der Waals surface area contributed by atoms with Gasteiger partial charge in [0.1, 0.15) is 6.04 Å². The molecular weight excluding hydrogens is 334 g/mol. The van der Waals surface area contributed by atoms with Gasteiger partial charge < -0.3 is 33.1 Å². The fourth-order valence-corrected chi connectivity index (χ4v) is 2.11. The fourth-order valence-electron chi connectivity index (χ4n) is 2.11. The lowest BCUT2D eigenvalue weighted by atomic mass is 10.1. The molecule has 1 heterocycles. The number of carbonyl (C=O) groups is 2. The molecular formula is C16H17ClN3O4-. The van der Waals surface area contributed by atoms with Crippen molar-refractivity contribution in [3.05, 3.63) is 64.1 Å². The van der Waals surface area contributed by atoms with E-state index in [1.165, 1.54) is 13.2 Å². The minimum Gasteiger partial charge on any atom is -1.00 e. The maximum atomic E-state index is 12.2. The van der Waals surface area contributed by atoms with Crippen LogP contribution in [0, 0.1) is 0 Å². The standard InChI is InChI=1S/C16H17N3O4.ClH/c1-17-15(22)11(9-10-5-3-2-4-6-10)19-16(23)13-14(21)12(20)7-8-18-13;/h2-8,11,21H,9H2,1H3,(H,17,22)(H,18,20)(H,19,23);1H/p-1/t11-;/m0./s1. The highest BCUT2D eigenvalue weighted by Crippen LogP contribution is 2.09. The van der Waals surface area contributed by atoms with E-state index in [-0.39, 0.29) is 30.4 Å². The van der Waals surface area contributed by atoms with Crippen LogP contribution in [0.3, 0.4) is 0 Å². The Balaban J connectivity index is 0.00000288. The Morgan fingerprint density at radius 2 is 1.88 bits per heavy atom. The molecule has 0 bridgehead atoms. The molecule has 7 nitrogen and oxygen atoms in total. The van der Waals surface area contributed by atoms with E-state index in [9.17, 15) is 19.5 Å². The molecule has 2 amide bonds. The van der Waals surface area contributed by atoms with Crippen LogP contribution in [0.4, 0.5) is 0 Å². The first kappa shape index (κ1) is 19.2. The number of amides is 2. The Kier molecular flexibility index (Phi) is 7.00. The molecule has 24 heavy (non-hydrogen) atoms. The summed E-state index contributed by atoms with van der Waals surface area (Å²) in [4.78, 5) is 38.1. The Morgan fingerprint density at radius 1 is 1.21 bits per heavy atom. The average Bonchev–Trinajstić information content (AvgIpc) is 2.56. The van der Waals surface area contributed by atoms with Gasteiger partial charge in [0.25, 0.3) is 5.91 Å². The highest BCUT2D eigenvalue weighted by molar-refractivity contribution is 5.97. The topological polar surface area (TPSA) is 111 Å². The van der Waals surface area contributed by atoms with Gasteiger partial charge in [-0.2, -0.15) is 0 Å². The van der Waals surface area contributed by atoms with E-state index in [1.807, 2.05) is 30.3 Å². The Bertz CT molecular complexity index is 761. The van der Waals surface area contributed by atoms with Crippen molar-refractivity contribution in [3.63, 3.8) is 0 Å². The van der Waals surface area contributed by atoms with Crippen molar-refractivity contribution in [1.82, 2.24) is 15.6 Å². The third-order valence-electron chi connectivity index (χ3n) is 3.31. The SMILES string of the molecule is CNC(=O)[C@H](Cc1ccccc1)NC(=O)c1[nH]ccc(=O)c1O.[Cl-]. The summed E-state index contributed by atoms with van der Waals surface area (Å²) < 4.78 is 0. The van der Waals surface area contributed by atoms with Crippen LogP contribution >= 0.6 is 0 Å². The number of benzene rings is 1. The van der Waals surface area contributed by atoms with Crippen molar-refractivity contribution >= 4 is 11.8 Å². The predicted molar refractivity (Wildman–Crippen MR) is 84.2 cm³/mol. The summed E-state index contributed by atoms with van der Waals surface area (Å²) in [5, 5.41) is 14.7. The second-order valence-electron chi connectivity index (χ2n) is 4.90. The summed E-state index contributed by atoms with van der Waals surface area (Å²) in [6, 6.07) is 9.46. The minimum absolute atomic E-state index is 0. The number of hydrogen-bond donors (Lipinski definition) is 4. The number of carbonyl (C=O) groups excluding carboxylic acids is 2. The van der Waals surface area contributed by atoms with Crippen molar-refractivity contribution in [2.75, 3.05) is 7.05 Å². The molecule has 0 aliphatic heterocycles. The number of aromatic nitrogens is 1. The lowest BCUT2D eigenvalue weighted by Crippen LogP contribution is -3.00. The monoisotopic (exact) mass is 350 g/mol. The summed E-state index contributed by atoms with van der Waals surface area (Å²) >= 11 is 0. The summed E-state index contributed by atoms with van der Waals surface area (Å²) in [6.45, 7) is 0. The van der Waals surface area contributed by atoms with Gasteiger partial charge >= 0.3 is 0 Å². The van der Waals surface area contributed by atoms with Crippen molar-refractivity contribution in [3.8, 4) is 5.75 Å². The molecule has 0 fully saturated rings. The molecule has 4 N–H and O–H groups in total. The molecule has 2 aromatic rings. The molecule has 0 radical (unpaired) electrons. The lowest BCUT2D eigenvalue weighted by Gasteiger charge is -2.17. The zero-order valence-electron chi connectivity index (χ0n) is 12.9.